The highest BCUT2D eigenvalue weighted by molar-refractivity contribution is 7.98. The summed E-state index contributed by atoms with van der Waals surface area (Å²) in [6.07, 6.45) is 3.20. The minimum atomic E-state index is 0.571. The molecule has 86 valence electrons. The third kappa shape index (κ3) is 2.61. The predicted octanol–water partition coefficient (Wildman–Crippen LogP) is 2.58. The van der Waals surface area contributed by atoms with Crippen molar-refractivity contribution in [2.45, 2.75) is 6.42 Å². The molecule has 1 aromatic heterocycles. The van der Waals surface area contributed by atoms with E-state index < -0.39 is 0 Å². The van der Waals surface area contributed by atoms with Crippen molar-refractivity contribution in [1.29, 1.82) is 0 Å². The van der Waals surface area contributed by atoms with Crippen LogP contribution in [0.25, 0.3) is 11.1 Å². The average molecular weight is 237 g/mol. The Kier molecular flexibility index (Phi) is 3.56. The van der Waals surface area contributed by atoms with Crippen LogP contribution < -0.4 is 11.1 Å². The summed E-state index contributed by atoms with van der Waals surface area (Å²) in [5.74, 6) is 1.14. The maximum absolute atomic E-state index is 5.66. The van der Waals surface area contributed by atoms with Crippen LogP contribution >= 0.6 is 11.8 Å². The summed E-state index contributed by atoms with van der Waals surface area (Å²) < 4.78 is 5.52. The third-order valence-corrected chi connectivity index (χ3v) is 2.91. The first-order valence-electron chi connectivity index (χ1n) is 5.18. The minimum absolute atomic E-state index is 0.571. The highest BCUT2D eigenvalue weighted by atomic mass is 32.2. The SMILES string of the molecule is CSCCCNc1nc2ccc(N)cc2o1. The number of hydrogen-bond donors (Lipinski definition) is 2. The molecule has 1 aromatic carbocycles. The number of nitrogens with one attached hydrogen (secondary N) is 1. The monoisotopic (exact) mass is 237 g/mol. The second-order valence-corrected chi connectivity index (χ2v) is 4.50. The number of nitrogens with zero attached hydrogens (tertiary/aromatic N) is 1. The number of oxazole rings is 1. The fraction of sp³-hybridized carbons (Fsp3) is 0.364. The molecule has 3 N–H and O–H groups in total. The van der Waals surface area contributed by atoms with E-state index in [0.717, 1.165) is 29.8 Å². The Balaban J connectivity index is 2.02. The number of fused-ring (bicyclic) bond motifs is 1. The number of rotatable bonds is 5. The molecule has 0 amide bonds. The second-order valence-electron chi connectivity index (χ2n) is 3.52. The normalized spacial score (nSPS) is 10.8. The quantitative estimate of drug-likeness (QED) is 0.618. The van der Waals surface area contributed by atoms with Gasteiger partial charge in [0, 0.05) is 18.3 Å². The van der Waals surface area contributed by atoms with E-state index in [-0.39, 0.29) is 0 Å². The first kappa shape index (κ1) is 11.1. The van der Waals surface area contributed by atoms with Gasteiger partial charge in [-0.1, -0.05) is 0 Å². The molecular weight excluding hydrogens is 222 g/mol. The van der Waals surface area contributed by atoms with Crippen LogP contribution in [-0.2, 0) is 0 Å². The van der Waals surface area contributed by atoms with Gasteiger partial charge in [0.05, 0.1) is 0 Å². The van der Waals surface area contributed by atoms with Crippen molar-refractivity contribution in [3.8, 4) is 0 Å². The molecule has 4 nitrogen and oxygen atoms in total. The van der Waals surface area contributed by atoms with Crippen LogP contribution in [0, 0.1) is 0 Å². The van der Waals surface area contributed by atoms with E-state index in [4.69, 9.17) is 10.2 Å². The maximum atomic E-state index is 5.66. The van der Waals surface area contributed by atoms with E-state index in [1.165, 1.54) is 0 Å². The Morgan fingerprint density at radius 1 is 1.50 bits per heavy atom. The molecule has 0 atom stereocenters. The summed E-state index contributed by atoms with van der Waals surface area (Å²) in [4.78, 5) is 4.31. The van der Waals surface area contributed by atoms with Crippen LogP contribution in [0.15, 0.2) is 22.6 Å². The summed E-state index contributed by atoms with van der Waals surface area (Å²) >= 11 is 1.84. The van der Waals surface area contributed by atoms with Crippen LogP contribution in [0.1, 0.15) is 6.42 Å². The molecule has 2 aromatic rings. The Bertz CT molecular complexity index is 469. The molecule has 0 radical (unpaired) electrons. The fourth-order valence-corrected chi connectivity index (χ4v) is 1.86. The lowest BCUT2D eigenvalue weighted by Gasteiger charge is -1.98. The highest BCUT2D eigenvalue weighted by Gasteiger charge is 2.04. The summed E-state index contributed by atoms with van der Waals surface area (Å²) in [5.41, 5.74) is 7.92. The summed E-state index contributed by atoms with van der Waals surface area (Å²) in [5, 5.41) is 3.16. The van der Waals surface area contributed by atoms with E-state index in [0.29, 0.717) is 11.7 Å². The fourth-order valence-electron chi connectivity index (χ4n) is 1.43. The lowest BCUT2D eigenvalue weighted by molar-refractivity contribution is 0.614. The lowest BCUT2D eigenvalue weighted by Crippen LogP contribution is -2.02. The number of nitrogens with two attached hydrogens (primary N) is 1. The topological polar surface area (TPSA) is 64.1 Å². The van der Waals surface area contributed by atoms with Gasteiger partial charge in [0.25, 0.3) is 6.01 Å². The van der Waals surface area contributed by atoms with Crippen molar-refractivity contribution in [2.75, 3.05) is 29.6 Å². The van der Waals surface area contributed by atoms with E-state index in [2.05, 4.69) is 16.6 Å². The van der Waals surface area contributed by atoms with Crippen LogP contribution in [0.4, 0.5) is 11.7 Å². The number of aromatic nitrogens is 1. The molecule has 0 spiro atoms. The van der Waals surface area contributed by atoms with Crippen molar-refractivity contribution in [1.82, 2.24) is 4.98 Å². The van der Waals surface area contributed by atoms with Gasteiger partial charge in [0.1, 0.15) is 5.52 Å². The number of nitrogen functional groups attached to an aromatic ring is 1. The summed E-state index contributed by atoms with van der Waals surface area (Å²) in [6.45, 7) is 0.878. The first-order valence-corrected chi connectivity index (χ1v) is 6.58. The van der Waals surface area contributed by atoms with E-state index in [9.17, 15) is 0 Å². The molecule has 16 heavy (non-hydrogen) atoms. The Morgan fingerprint density at radius 3 is 3.19 bits per heavy atom. The molecule has 0 unspecified atom stereocenters. The lowest BCUT2D eigenvalue weighted by atomic mass is 10.3. The minimum Gasteiger partial charge on any atom is -0.423 e. The number of benzene rings is 1. The van der Waals surface area contributed by atoms with Gasteiger partial charge >= 0.3 is 0 Å². The van der Waals surface area contributed by atoms with Crippen LogP contribution in [0.5, 0.6) is 0 Å². The van der Waals surface area contributed by atoms with Gasteiger partial charge in [-0.2, -0.15) is 16.7 Å². The molecular formula is C11H15N3OS. The summed E-state index contributed by atoms with van der Waals surface area (Å²) in [7, 11) is 0. The molecule has 2 rings (SSSR count). The molecule has 1 heterocycles. The zero-order valence-electron chi connectivity index (χ0n) is 9.19. The van der Waals surface area contributed by atoms with Gasteiger partial charge in [-0.25, -0.2) is 0 Å². The number of thioether (sulfide) groups is 1. The molecule has 0 saturated heterocycles. The van der Waals surface area contributed by atoms with Crippen molar-refractivity contribution in [3.63, 3.8) is 0 Å². The van der Waals surface area contributed by atoms with Gasteiger partial charge in [-0.05, 0) is 30.6 Å². The Hall–Kier alpha value is -1.36. The largest absolute Gasteiger partial charge is 0.423 e. The molecule has 0 aliphatic carbocycles. The van der Waals surface area contributed by atoms with Crippen molar-refractivity contribution in [3.05, 3.63) is 18.2 Å². The zero-order chi connectivity index (χ0) is 11.4. The van der Waals surface area contributed by atoms with Crippen molar-refractivity contribution < 1.29 is 4.42 Å². The van der Waals surface area contributed by atoms with Gasteiger partial charge in [0.15, 0.2) is 5.58 Å². The second kappa shape index (κ2) is 5.12. The summed E-state index contributed by atoms with van der Waals surface area (Å²) in [6, 6.07) is 6.04. The van der Waals surface area contributed by atoms with Crippen LogP contribution in [0.3, 0.4) is 0 Å². The molecule has 0 aliphatic heterocycles. The molecule has 0 saturated carbocycles. The first-order chi connectivity index (χ1) is 7.79. The molecule has 0 fully saturated rings. The van der Waals surface area contributed by atoms with Gasteiger partial charge in [-0.15, -0.1) is 0 Å². The molecule has 5 heteroatoms. The molecule has 0 bridgehead atoms. The van der Waals surface area contributed by atoms with Gasteiger partial charge in [-0.3, -0.25) is 0 Å². The van der Waals surface area contributed by atoms with Gasteiger partial charge in [0.2, 0.25) is 0 Å². The van der Waals surface area contributed by atoms with Crippen LogP contribution in [-0.4, -0.2) is 23.5 Å². The van der Waals surface area contributed by atoms with Crippen molar-refractivity contribution >= 4 is 34.6 Å². The van der Waals surface area contributed by atoms with Gasteiger partial charge < -0.3 is 15.5 Å². The van der Waals surface area contributed by atoms with E-state index >= 15 is 0 Å². The Morgan fingerprint density at radius 2 is 2.38 bits per heavy atom. The maximum Gasteiger partial charge on any atom is 0.295 e. The zero-order valence-corrected chi connectivity index (χ0v) is 10.0. The van der Waals surface area contributed by atoms with E-state index in [1.807, 2.05) is 23.9 Å². The average Bonchev–Trinajstić information content (AvgIpc) is 2.66. The Labute approximate surface area is 98.6 Å². The van der Waals surface area contributed by atoms with E-state index in [1.54, 1.807) is 6.07 Å². The number of hydrogen-bond acceptors (Lipinski definition) is 5. The van der Waals surface area contributed by atoms with Crippen molar-refractivity contribution in [2.24, 2.45) is 0 Å². The number of anilines is 2. The predicted molar refractivity (Wildman–Crippen MR) is 69.9 cm³/mol. The highest BCUT2D eigenvalue weighted by Crippen LogP contribution is 2.20. The standard InChI is InChI=1S/C11H15N3OS/c1-16-6-2-5-13-11-14-9-4-3-8(12)7-10(9)15-11/h3-4,7H,2,5-6,12H2,1H3,(H,13,14). The third-order valence-electron chi connectivity index (χ3n) is 2.21. The van der Waals surface area contributed by atoms with Crippen LogP contribution in [0.2, 0.25) is 0 Å². The smallest absolute Gasteiger partial charge is 0.295 e. The molecule has 0 aliphatic rings.